The molecule has 2 fully saturated rings. The van der Waals surface area contributed by atoms with E-state index >= 15 is 0 Å². The van der Waals surface area contributed by atoms with Gasteiger partial charge in [-0.05, 0) is 42.3 Å². The zero-order valence-electron chi connectivity index (χ0n) is 17.9. The SMILES string of the molecule is CCCNC(=O)N1CC(=O)N2[C@@H](CO)[C@H](c3ccc(C#Cc4cccc(F)c4)cc3)[C@@H]2C1. The van der Waals surface area contributed by atoms with Gasteiger partial charge in [-0.1, -0.05) is 37.0 Å². The van der Waals surface area contributed by atoms with Crippen molar-refractivity contribution in [1.29, 1.82) is 0 Å². The molecular formula is C25H26FN3O3. The maximum atomic E-state index is 13.3. The molecule has 3 atom stereocenters. The molecule has 2 aromatic rings. The average molecular weight is 435 g/mol. The molecule has 0 aromatic heterocycles. The summed E-state index contributed by atoms with van der Waals surface area (Å²) in [4.78, 5) is 28.3. The van der Waals surface area contributed by atoms with Gasteiger partial charge in [-0.2, -0.15) is 0 Å². The van der Waals surface area contributed by atoms with Gasteiger partial charge in [0.05, 0.1) is 18.7 Å². The fraction of sp³-hybridized carbons (Fsp3) is 0.360. The molecule has 32 heavy (non-hydrogen) atoms. The lowest BCUT2D eigenvalue weighted by molar-refractivity contribution is -0.159. The highest BCUT2D eigenvalue weighted by Gasteiger charge is 2.54. The number of aliphatic hydroxyl groups excluding tert-OH is 1. The summed E-state index contributed by atoms with van der Waals surface area (Å²) in [7, 11) is 0. The van der Waals surface area contributed by atoms with Crippen molar-refractivity contribution in [3.63, 3.8) is 0 Å². The standard InChI is InChI=1S/C25H26FN3O3/c1-2-12-27-25(32)28-14-21-24(22(16-30)29(21)23(31)15-28)19-10-8-17(9-11-19)6-7-18-4-3-5-20(26)13-18/h3-5,8-11,13,21-22,24,30H,2,12,14-16H2,1H3,(H,27,32)/t21-,22-,24+/m0/s1. The van der Waals surface area contributed by atoms with Gasteiger partial charge in [0.25, 0.3) is 0 Å². The number of rotatable bonds is 4. The smallest absolute Gasteiger partial charge is 0.317 e. The Morgan fingerprint density at radius 1 is 1.19 bits per heavy atom. The number of hydrogen-bond acceptors (Lipinski definition) is 3. The fourth-order valence-corrected chi connectivity index (χ4v) is 4.50. The molecule has 0 spiro atoms. The lowest BCUT2D eigenvalue weighted by Crippen LogP contribution is -2.73. The van der Waals surface area contributed by atoms with Gasteiger partial charge in [0, 0.05) is 30.1 Å². The number of amides is 3. The first-order valence-electron chi connectivity index (χ1n) is 10.8. The minimum atomic E-state index is -0.323. The predicted octanol–water partition coefficient (Wildman–Crippen LogP) is 2.32. The maximum Gasteiger partial charge on any atom is 0.317 e. The van der Waals surface area contributed by atoms with E-state index in [-0.39, 0.29) is 48.9 Å². The van der Waals surface area contributed by atoms with Gasteiger partial charge < -0.3 is 20.2 Å². The second kappa shape index (κ2) is 9.41. The van der Waals surface area contributed by atoms with Crippen molar-refractivity contribution in [2.75, 3.05) is 26.2 Å². The van der Waals surface area contributed by atoms with E-state index in [2.05, 4.69) is 17.2 Å². The lowest BCUT2D eigenvalue weighted by Gasteiger charge is -2.58. The number of urea groups is 1. The third-order valence-corrected chi connectivity index (χ3v) is 6.04. The molecule has 2 heterocycles. The Bertz CT molecular complexity index is 1060. The topological polar surface area (TPSA) is 72.9 Å². The number of benzene rings is 2. The van der Waals surface area contributed by atoms with Crippen LogP contribution in [-0.4, -0.2) is 65.2 Å². The molecule has 2 aromatic carbocycles. The Balaban J connectivity index is 1.50. The quantitative estimate of drug-likeness (QED) is 0.724. The van der Waals surface area contributed by atoms with Crippen molar-refractivity contribution in [1.82, 2.24) is 15.1 Å². The van der Waals surface area contributed by atoms with Gasteiger partial charge in [0.2, 0.25) is 5.91 Å². The summed E-state index contributed by atoms with van der Waals surface area (Å²) in [6.45, 7) is 2.88. The van der Waals surface area contributed by atoms with Crippen molar-refractivity contribution in [3.8, 4) is 11.8 Å². The van der Waals surface area contributed by atoms with Gasteiger partial charge in [0.15, 0.2) is 0 Å². The fourth-order valence-electron chi connectivity index (χ4n) is 4.50. The van der Waals surface area contributed by atoms with Crippen LogP contribution in [-0.2, 0) is 4.79 Å². The normalized spacial score (nSPS) is 21.8. The largest absolute Gasteiger partial charge is 0.394 e. The van der Waals surface area contributed by atoms with Crippen molar-refractivity contribution in [3.05, 3.63) is 71.0 Å². The molecule has 7 heteroatoms. The zero-order chi connectivity index (χ0) is 22.7. The third-order valence-electron chi connectivity index (χ3n) is 6.04. The molecule has 0 radical (unpaired) electrons. The number of piperazine rings is 1. The van der Waals surface area contributed by atoms with Crippen LogP contribution in [0.15, 0.2) is 48.5 Å². The lowest BCUT2D eigenvalue weighted by atomic mass is 9.73. The number of halogens is 1. The molecule has 4 rings (SSSR count). The van der Waals surface area contributed by atoms with E-state index in [1.54, 1.807) is 21.9 Å². The second-order valence-electron chi connectivity index (χ2n) is 8.14. The van der Waals surface area contributed by atoms with E-state index in [0.29, 0.717) is 18.7 Å². The summed E-state index contributed by atoms with van der Waals surface area (Å²) in [5, 5.41) is 12.7. The number of carbonyl (C=O) groups is 2. The zero-order valence-corrected chi connectivity index (χ0v) is 17.9. The van der Waals surface area contributed by atoms with Crippen LogP contribution in [0, 0.1) is 17.7 Å². The van der Waals surface area contributed by atoms with Crippen LogP contribution < -0.4 is 5.32 Å². The van der Waals surface area contributed by atoms with Gasteiger partial charge in [-0.3, -0.25) is 4.79 Å². The predicted molar refractivity (Wildman–Crippen MR) is 118 cm³/mol. The molecule has 6 nitrogen and oxygen atoms in total. The highest BCUT2D eigenvalue weighted by Crippen LogP contribution is 2.42. The third kappa shape index (κ3) is 4.32. The number of nitrogens with zero attached hydrogens (tertiary/aromatic N) is 2. The van der Waals surface area contributed by atoms with Gasteiger partial charge in [-0.25, -0.2) is 9.18 Å². The molecular weight excluding hydrogens is 409 g/mol. The van der Waals surface area contributed by atoms with Crippen LogP contribution in [0.4, 0.5) is 9.18 Å². The van der Waals surface area contributed by atoms with Crippen LogP contribution >= 0.6 is 0 Å². The summed E-state index contributed by atoms with van der Waals surface area (Å²) in [5.74, 6) is 5.46. The Kier molecular flexibility index (Phi) is 6.42. The van der Waals surface area contributed by atoms with Crippen molar-refractivity contribution in [2.45, 2.75) is 31.3 Å². The first-order chi connectivity index (χ1) is 15.5. The van der Waals surface area contributed by atoms with E-state index < -0.39 is 0 Å². The van der Waals surface area contributed by atoms with Gasteiger partial charge in [0.1, 0.15) is 12.4 Å². The average Bonchev–Trinajstić information content (AvgIpc) is 2.78. The highest BCUT2D eigenvalue weighted by molar-refractivity contribution is 5.87. The van der Waals surface area contributed by atoms with Crippen molar-refractivity contribution in [2.24, 2.45) is 0 Å². The van der Waals surface area contributed by atoms with Gasteiger partial charge >= 0.3 is 6.03 Å². The van der Waals surface area contributed by atoms with E-state index in [1.807, 2.05) is 31.2 Å². The van der Waals surface area contributed by atoms with E-state index in [1.165, 1.54) is 12.1 Å². The molecule has 0 aliphatic carbocycles. The summed E-state index contributed by atoms with van der Waals surface area (Å²) >= 11 is 0. The van der Waals surface area contributed by atoms with Crippen LogP contribution in [0.2, 0.25) is 0 Å². The van der Waals surface area contributed by atoms with Crippen LogP contribution in [0.5, 0.6) is 0 Å². The molecule has 2 N–H and O–H groups in total. The summed E-state index contributed by atoms with van der Waals surface area (Å²) in [6.07, 6.45) is 0.826. The first-order valence-corrected chi connectivity index (χ1v) is 10.8. The van der Waals surface area contributed by atoms with Crippen LogP contribution in [0.25, 0.3) is 0 Å². The van der Waals surface area contributed by atoms with E-state index in [0.717, 1.165) is 17.5 Å². The Morgan fingerprint density at radius 3 is 2.62 bits per heavy atom. The van der Waals surface area contributed by atoms with E-state index in [4.69, 9.17) is 0 Å². The molecule has 0 bridgehead atoms. The molecule has 3 amide bonds. The number of hydrogen-bond donors (Lipinski definition) is 2. The molecule has 0 unspecified atom stereocenters. The van der Waals surface area contributed by atoms with Gasteiger partial charge in [-0.15, -0.1) is 0 Å². The number of nitrogens with one attached hydrogen (secondary N) is 1. The summed E-state index contributed by atoms with van der Waals surface area (Å²) in [6, 6.07) is 13.1. The Labute approximate surface area is 187 Å². The van der Waals surface area contributed by atoms with Crippen molar-refractivity contribution >= 4 is 11.9 Å². The molecule has 2 aliphatic rings. The summed E-state index contributed by atoms with van der Waals surface area (Å²) in [5.41, 5.74) is 2.38. The number of fused-ring (bicyclic) bond motifs is 1. The van der Waals surface area contributed by atoms with E-state index in [9.17, 15) is 19.1 Å². The molecule has 2 saturated heterocycles. The van der Waals surface area contributed by atoms with Crippen molar-refractivity contribution < 1.29 is 19.1 Å². The highest BCUT2D eigenvalue weighted by atomic mass is 19.1. The second-order valence-corrected chi connectivity index (χ2v) is 8.14. The minimum Gasteiger partial charge on any atom is -0.394 e. The summed E-state index contributed by atoms with van der Waals surface area (Å²) < 4.78 is 13.3. The molecule has 166 valence electrons. The molecule has 2 aliphatic heterocycles. The Morgan fingerprint density at radius 2 is 1.94 bits per heavy atom. The first kappa shape index (κ1) is 21.8. The Hall–Kier alpha value is -3.37. The maximum absolute atomic E-state index is 13.3. The van der Waals surface area contributed by atoms with Crippen LogP contribution in [0.3, 0.4) is 0 Å². The monoisotopic (exact) mass is 435 g/mol. The molecule has 0 saturated carbocycles. The number of carbonyl (C=O) groups excluding carboxylic acids is 2. The number of aliphatic hydroxyl groups is 1. The van der Waals surface area contributed by atoms with Crippen LogP contribution in [0.1, 0.15) is 36.0 Å². The minimum absolute atomic E-state index is 0.0316.